The maximum atomic E-state index is 12.3. The van der Waals surface area contributed by atoms with Crippen LogP contribution < -0.4 is 10.2 Å². The van der Waals surface area contributed by atoms with E-state index in [2.05, 4.69) is 11.9 Å². The average molecular weight is 410 g/mol. The number of carboxylic acid groups (broad SMARTS) is 2. The molecule has 0 spiro atoms. The van der Waals surface area contributed by atoms with Crippen molar-refractivity contribution >= 4 is 29.5 Å². The lowest BCUT2D eigenvalue weighted by Crippen LogP contribution is -2.43. The first-order valence-corrected chi connectivity index (χ1v) is 9.64. The number of rotatable bonds is 4. The number of carbonyl (C=O) groups is 3. The molecule has 0 aromatic heterocycles. The van der Waals surface area contributed by atoms with Crippen LogP contribution in [0.4, 0.5) is 0 Å². The number of ether oxygens (including phenoxy) is 1. The lowest BCUT2D eigenvalue weighted by Gasteiger charge is -2.36. The highest BCUT2D eigenvalue weighted by molar-refractivity contribution is 6.30. The smallest absolute Gasteiger partial charge is 0.309 e. The van der Waals surface area contributed by atoms with Gasteiger partial charge in [-0.25, -0.2) is 0 Å². The summed E-state index contributed by atoms with van der Waals surface area (Å²) in [6.07, 6.45) is 5.29. The van der Waals surface area contributed by atoms with Gasteiger partial charge in [0.15, 0.2) is 0 Å². The summed E-state index contributed by atoms with van der Waals surface area (Å²) >= 11 is 5.89. The molecule has 2 saturated heterocycles. The Morgan fingerprint density at radius 3 is 2.07 bits per heavy atom. The molecule has 0 radical (unpaired) electrons. The molecule has 28 heavy (non-hydrogen) atoms. The molecule has 0 N–H and O–H groups in total. The fraction of sp³-hybridized carbons (Fsp3) is 0.550. The number of carbonyl (C=O) groups excluding carboxylic acids is 3. The lowest BCUT2D eigenvalue weighted by molar-refractivity contribution is -0.345. The minimum Gasteiger partial charge on any atom is -0.543 e. The predicted molar refractivity (Wildman–Crippen MR) is 98.0 cm³/mol. The van der Waals surface area contributed by atoms with Crippen LogP contribution in [0, 0.1) is 5.92 Å². The highest BCUT2D eigenvalue weighted by Gasteiger charge is 2.40. The summed E-state index contributed by atoms with van der Waals surface area (Å²) in [7, 11) is 2.20. The summed E-state index contributed by atoms with van der Waals surface area (Å²) in [5, 5.41) is 18.6. The van der Waals surface area contributed by atoms with Gasteiger partial charge in [-0.05, 0) is 56.8 Å². The second-order valence-corrected chi connectivity index (χ2v) is 7.82. The number of hydrogen-bond donors (Lipinski definition) is 0. The van der Waals surface area contributed by atoms with Crippen molar-refractivity contribution in [3.63, 3.8) is 0 Å². The molecule has 0 saturated carbocycles. The largest absolute Gasteiger partial charge is 0.543 e. The van der Waals surface area contributed by atoms with Crippen LogP contribution in [0.3, 0.4) is 0 Å². The van der Waals surface area contributed by atoms with Gasteiger partial charge in [0.2, 0.25) is 0 Å². The van der Waals surface area contributed by atoms with Crippen LogP contribution >= 0.6 is 11.6 Å². The average Bonchev–Trinajstić information content (AvgIpc) is 2.85. The quantitative estimate of drug-likeness (QED) is 0.515. The van der Waals surface area contributed by atoms with Gasteiger partial charge in [-0.1, -0.05) is 30.7 Å². The van der Waals surface area contributed by atoms with Gasteiger partial charge in [-0.2, -0.15) is 0 Å². The van der Waals surface area contributed by atoms with Crippen molar-refractivity contribution in [3.8, 4) is 0 Å². The molecule has 7 nitrogen and oxygen atoms in total. The molecule has 3 unspecified atom stereocenters. The Bertz CT molecular complexity index is 681. The monoisotopic (exact) mass is 409 g/mol. The van der Waals surface area contributed by atoms with Crippen molar-refractivity contribution in [2.24, 2.45) is 5.92 Å². The van der Waals surface area contributed by atoms with E-state index in [1.54, 1.807) is 0 Å². The van der Waals surface area contributed by atoms with E-state index in [9.17, 15) is 4.79 Å². The molecule has 2 aliphatic rings. The predicted octanol–water partition coefficient (Wildman–Crippen LogP) is 0.173. The third kappa shape index (κ3) is 6.21. The first-order chi connectivity index (χ1) is 13.2. The Morgan fingerprint density at radius 1 is 1.11 bits per heavy atom. The molecule has 3 rings (SSSR count). The molecule has 2 heterocycles. The minimum atomic E-state index is -2.19. The van der Waals surface area contributed by atoms with E-state index in [1.165, 1.54) is 12.8 Å². The van der Waals surface area contributed by atoms with E-state index in [0.29, 0.717) is 18.5 Å². The van der Waals surface area contributed by atoms with E-state index >= 15 is 0 Å². The number of carboxylic acids is 2. The van der Waals surface area contributed by atoms with Crippen LogP contribution in [-0.2, 0) is 25.5 Å². The normalized spacial score (nSPS) is 24.6. The number of halogens is 1. The number of hydrogen-bond acceptors (Lipinski definition) is 7. The Labute approximate surface area is 169 Å². The first-order valence-electron chi connectivity index (χ1n) is 9.26. The molecular formula is C20H24ClNO6-2. The van der Waals surface area contributed by atoms with Crippen LogP contribution in [-0.4, -0.2) is 48.0 Å². The number of fused-ring (bicyclic) bond motifs is 2. The maximum absolute atomic E-state index is 12.3. The summed E-state index contributed by atoms with van der Waals surface area (Å²) in [6, 6.07) is 8.88. The van der Waals surface area contributed by atoms with Crippen molar-refractivity contribution in [2.45, 2.75) is 57.2 Å². The molecule has 154 valence electrons. The maximum Gasteiger partial charge on any atom is 0.309 e. The fourth-order valence-electron chi connectivity index (χ4n) is 3.80. The molecule has 2 aliphatic heterocycles. The van der Waals surface area contributed by atoms with E-state index < -0.39 is 11.9 Å². The molecule has 0 amide bonds. The van der Waals surface area contributed by atoms with E-state index in [-0.39, 0.29) is 18.0 Å². The summed E-state index contributed by atoms with van der Waals surface area (Å²) < 4.78 is 5.79. The number of aliphatic carboxylic acids is 2. The Kier molecular flexibility index (Phi) is 7.83. The second-order valence-electron chi connectivity index (χ2n) is 7.39. The Balaban J connectivity index is 0.000000409. The van der Waals surface area contributed by atoms with Gasteiger partial charge in [0.25, 0.3) is 0 Å². The first kappa shape index (κ1) is 22.2. The van der Waals surface area contributed by atoms with Crippen LogP contribution in [0.25, 0.3) is 0 Å². The van der Waals surface area contributed by atoms with Gasteiger partial charge < -0.3 is 29.4 Å². The van der Waals surface area contributed by atoms with Crippen molar-refractivity contribution in [1.29, 1.82) is 0 Å². The van der Waals surface area contributed by atoms with Crippen molar-refractivity contribution in [1.82, 2.24) is 4.90 Å². The number of benzene rings is 1. The van der Waals surface area contributed by atoms with Crippen LogP contribution in [0.5, 0.6) is 0 Å². The van der Waals surface area contributed by atoms with E-state index in [0.717, 1.165) is 23.4 Å². The van der Waals surface area contributed by atoms with Crippen LogP contribution in [0.1, 0.15) is 38.2 Å². The zero-order valence-electron chi connectivity index (χ0n) is 15.9. The number of piperidine rings is 1. The summed E-state index contributed by atoms with van der Waals surface area (Å²) in [6.45, 7) is 1.94. The number of nitrogens with zero attached hydrogens (tertiary/aromatic N) is 1. The summed E-state index contributed by atoms with van der Waals surface area (Å²) in [5.74, 6) is -4.55. The third-order valence-electron chi connectivity index (χ3n) is 5.36. The van der Waals surface area contributed by atoms with Crippen molar-refractivity contribution in [2.75, 3.05) is 7.05 Å². The SMILES string of the molecule is CC(Cc1ccc(Cl)cc1)C(=O)OC1CC2CCC(C1)N2C.O=C([O-])C(=O)[O-]. The second kappa shape index (κ2) is 9.89. The summed E-state index contributed by atoms with van der Waals surface area (Å²) in [5.41, 5.74) is 1.12. The van der Waals surface area contributed by atoms with Crippen LogP contribution in [0.2, 0.25) is 5.02 Å². The zero-order chi connectivity index (χ0) is 20.8. The molecule has 2 bridgehead atoms. The lowest BCUT2D eigenvalue weighted by atomic mass is 9.99. The molecule has 0 aliphatic carbocycles. The highest BCUT2D eigenvalue weighted by Crippen LogP contribution is 2.35. The summed E-state index contributed by atoms with van der Waals surface area (Å²) in [4.78, 5) is 32.6. The fourth-order valence-corrected chi connectivity index (χ4v) is 3.92. The van der Waals surface area contributed by atoms with Gasteiger partial charge >= 0.3 is 5.97 Å². The van der Waals surface area contributed by atoms with E-state index in [4.69, 9.17) is 36.1 Å². The molecule has 8 heteroatoms. The van der Waals surface area contributed by atoms with Crippen molar-refractivity contribution in [3.05, 3.63) is 34.9 Å². The number of esters is 1. The van der Waals surface area contributed by atoms with Crippen LogP contribution in [0.15, 0.2) is 24.3 Å². The van der Waals surface area contributed by atoms with Crippen molar-refractivity contribution < 1.29 is 29.3 Å². The molecular weight excluding hydrogens is 386 g/mol. The Morgan fingerprint density at radius 2 is 1.61 bits per heavy atom. The minimum absolute atomic E-state index is 0.0658. The van der Waals surface area contributed by atoms with Gasteiger partial charge in [0.05, 0.1) is 17.9 Å². The molecule has 3 atom stereocenters. The van der Waals surface area contributed by atoms with Gasteiger partial charge in [0.1, 0.15) is 6.10 Å². The third-order valence-corrected chi connectivity index (χ3v) is 5.61. The van der Waals surface area contributed by atoms with Gasteiger partial charge in [0, 0.05) is 17.1 Å². The van der Waals surface area contributed by atoms with Gasteiger partial charge in [-0.3, -0.25) is 4.79 Å². The molecule has 1 aromatic carbocycles. The topological polar surface area (TPSA) is 110 Å². The van der Waals surface area contributed by atoms with E-state index in [1.807, 2.05) is 31.2 Å². The van der Waals surface area contributed by atoms with Gasteiger partial charge in [-0.15, -0.1) is 0 Å². The standard InChI is InChI=1S/C18H24ClNO2.C2H2O4/c1-12(9-13-3-5-14(19)6-4-13)18(21)22-17-10-15-7-8-16(11-17)20(15)2;3-1(4)2(5)6/h3-6,12,15-17H,7-11H2,1-2H3;(H,3,4)(H,5,6)/p-2. The highest BCUT2D eigenvalue weighted by atomic mass is 35.5. The molecule has 1 aromatic rings. The zero-order valence-corrected chi connectivity index (χ0v) is 16.7. The Hall–Kier alpha value is -2.12. The molecule has 2 fully saturated rings.